The zero-order chi connectivity index (χ0) is 22.1. The molecule has 2 aromatic carbocycles. The average molecular weight is 444 g/mol. The molecule has 11 heteroatoms. The zero-order valence-corrected chi connectivity index (χ0v) is 16.7. The highest BCUT2D eigenvalue weighted by atomic mass is 32.2. The molecule has 1 amide bonds. The predicted octanol–water partition coefficient (Wildman–Crippen LogP) is 2.13. The van der Waals surface area contributed by atoms with Gasteiger partial charge >= 0.3 is 0 Å². The lowest BCUT2D eigenvalue weighted by Gasteiger charge is -2.27. The Morgan fingerprint density at radius 1 is 1.13 bits per heavy atom. The number of carbonyl (C=O) groups excluding carboxylic acids is 1. The number of ether oxygens (including phenoxy) is 1. The maximum absolute atomic E-state index is 14.4. The van der Waals surface area contributed by atoms with E-state index in [1.165, 1.54) is 6.92 Å². The standard InChI is InChI=1S/C19H19F3N2O5S/c1-19(26)10-24(6-7-29-11-19)30(27,28)17-8-12(2-4-15(17)21)18(25)23-13-3-5-14(20)16(22)9-13/h2-5,8-9,26H,6-7,10-11H2,1H3,(H,23,25). The van der Waals surface area contributed by atoms with E-state index < -0.39 is 43.9 Å². The van der Waals surface area contributed by atoms with Crippen LogP contribution < -0.4 is 5.32 Å². The normalized spacial score (nSPS) is 20.6. The fourth-order valence-electron chi connectivity index (χ4n) is 2.93. The molecule has 0 saturated carbocycles. The van der Waals surface area contributed by atoms with Gasteiger partial charge in [0.25, 0.3) is 5.91 Å². The van der Waals surface area contributed by atoms with Crippen molar-refractivity contribution in [2.24, 2.45) is 0 Å². The van der Waals surface area contributed by atoms with Crippen LogP contribution in [0.15, 0.2) is 41.3 Å². The fraction of sp³-hybridized carbons (Fsp3) is 0.316. The summed E-state index contributed by atoms with van der Waals surface area (Å²) in [7, 11) is -4.40. The summed E-state index contributed by atoms with van der Waals surface area (Å²) in [5.74, 6) is -4.20. The Kier molecular flexibility index (Phi) is 6.18. The van der Waals surface area contributed by atoms with E-state index in [2.05, 4.69) is 5.32 Å². The van der Waals surface area contributed by atoms with Crippen LogP contribution in [0.5, 0.6) is 0 Å². The Balaban J connectivity index is 1.90. The third-order valence-corrected chi connectivity index (χ3v) is 6.26. The van der Waals surface area contributed by atoms with Gasteiger partial charge < -0.3 is 15.2 Å². The van der Waals surface area contributed by atoms with Crippen molar-refractivity contribution in [3.8, 4) is 0 Å². The van der Waals surface area contributed by atoms with E-state index in [1.807, 2.05) is 0 Å². The molecule has 1 atom stereocenters. The second-order valence-electron chi connectivity index (χ2n) is 7.12. The number of rotatable bonds is 4. The first-order valence-corrected chi connectivity index (χ1v) is 10.3. The summed E-state index contributed by atoms with van der Waals surface area (Å²) in [6.45, 7) is 0.887. The molecule has 3 rings (SSSR count). The summed E-state index contributed by atoms with van der Waals surface area (Å²) in [6.07, 6.45) is 0. The highest BCUT2D eigenvalue weighted by Gasteiger charge is 2.36. The second-order valence-corrected chi connectivity index (χ2v) is 9.02. The van der Waals surface area contributed by atoms with Crippen molar-refractivity contribution >= 4 is 21.6 Å². The van der Waals surface area contributed by atoms with Gasteiger partial charge in [0, 0.05) is 30.4 Å². The van der Waals surface area contributed by atoms with E-state index in [0.717, 1.165) is 40.7 Å². The highest BCUT2D eigenvalue weighted by molar-refractivity contribution is 7.89. The molecule has 1 fully saturated rings. The number of halogens is 3. The lowest BCUT2D eigenvalue weighted by molar-refractivity contribution is -0.0174. The molecule has 1 heterocycles. The van der Waals surface area contributed by atoms with Crippen LogP contribution in [0.3, 0.4) is 0 Å². The Morgan fingerprint density at radius 2 is 1.83 bits per heavy atom. The van der Waals surface area contributed by atoms with E-state index in [0.29, 0.717) is 0 Å². The van der Waals surface area contributed by atoms with Crippen molar-refractivity contribution in [1.82, 2.24) is 4.31 Å². The van der Waals surface area contributed by atoms with Gasteiger partial charge in [0.2, 0.25) is 10.0 Å². The van der Waals surface area contributed by atoms with E-state index in [9.17, 15) is 31.5 Å². The SMILES string of the molecule is CC1(O)COCCN(S(=O)(=O)c2cc(C(=O)Nc3ccc(F)c(F)c3)ccc2F)C1. The van der Waals surface area contributed by atoms with Crippen LogP contribution in [0.25, 0.3) is 0 Å². The molecule has 0 aromatic heterocycles. The van der Waals surface area contributed by atoms with Crippen LogP contribution in [-0.4, -0.2) is 55.6 Å². The minimum Gasteiger partial charge on any atom is -0.386 e. The smallest absolute Gasteiger partial charge is 0.255 e. The third-order valence-electron chi connectivity index (χ3n) is 4.40. The Hall–Kier alpha value is -2.47. The number of β-amino-alcohol motifs (C(OH)–C–C–N with tert-alkyl or cyclic N) is 1. The summed E-state index contributed by atoms with van der Waals surface area (Å²) in [5, 5.41) is 12.5. The van der Waals surface area contributed by atoms with E-state index in [4.69, 9.17) is 4.74 Å². The van der Waals surface area contributed by atoms with Crippen molar-refractivity contribution in [2.45, 2.75) is 17.4 Å². The van der Waals surface area contributed by atoms with Gasteiger partial charge in [-0.05, 0) is 37.3 Å². The van der Waals surface area contributed by atoms with E-state index >= 15 is 0 Å². The number of aliphatic hydroxyl groups is 1. The van der Waals surface area contributed by atoms with Gasteiger partial charge in [-0.2, -0.15) is 4.31 Å². The molecular weight excluding hydrogens is 425 g/mol. The molecule has 0 bridgehead atoms. The number of benzene rings is 2. The summed E-state index contributed by atoms with van der Waals surface area (Å²) >= 11 is 0. The lowest BCUT2D eigenvalue weighted by Crippen LogP contribution is -2.44. The zero-order valence-electron chi connectivity index (χ0n) is 15.9. The molecule has 0 aliphatic carbocycles. The maximum Gasteiger partial charge on any atom is 0.255 e. The fourth-order valence-corrected chi connectivity index (χ4v) is 4.56. The maximum atomic E-state index is 14.4. The third kappa shape index (κ3) is 4.81. The number of nitrogens with one attached hydrogen (secondary N) is 1. The van der Waals surface area contributed by atoms with Crippen LogP contribution in [-0.2, 0) is 14.8 Å². The van der Waals surface area contributed by atoms with Crippen molar-refractivity contribution in [3.05, 3.63) is 59.4 Å². The molecular formula is C19H19F3N2O5S. The lowest BCUT2D eigenvalue weighted by atomic mass is 10.1. The van der Waals surface area contributed by atoms with Gasteiger partial charge in [-0.1, -0.05) is 0 Å². The summed E-state index contributed by atoms with van der Waals surface area (Å²) in [4.78, 5) is 11.7. The number of amides is 1. The monoisotopic (exact) mass is 444 g/mol. The molecule has 7 nitrogen and oxygen atoms in total. The molecule has 2 N–H and O–H groups in total. The van der Waals surface area contributed by atoms with E-state index in [-0.39, 0.29) is 37.6 Å². The Morgan fingerprint density at radius 3 is 2.53 bits per heavy atom. The van der Waals surface area contributed by atoms with Crippen LogP contribution >= 0.6 is 0 Å². The second kappa shape index (κ2) is 8.34. The van der Waals surface area contributed by atoms with Crippen LogP contribution in [0.4, 0.5) is 18.9 Å². The van der Waals surface area contributed by atoms with Crippen LogP contribution in [0, 0.1) is 17.5 Å². The molecule has 2 aromatic rings. The average Bonchev–Trinajstić information content (AvgIpc) is 2.86. The van der Waals surface area contributed by atoms with Gasteiger partial charge in [-0.15, -0.1) is 0 Å². The minimum absolute atomic E-state index is 0.00725. The number of carbonyl (C=O) groups is 1. The minimum atomic E-state index is -4.40. The first-order valence-electron chi connectivity index (χ1n) is 8.86. The molecule has 1 unspecified atom stereocenters. The van der Waals surface area contributed by atoms with Crippen molar-refractivity contribution < 1.29 is 36.2 Å². The topological polar surface area (TPSA) is 95.9 Å². The van der Waals surface area contributed by atoms with E-state index in [1.54, 1.807) is 0 Å². The molecule has 0 radical (unpaired) electrons. The summed E-state index contributed by atoms with van der Waals surface area (Å²) in [6, 6.07) is 5.43. The first kappa shape index (κ1) is 22.2. The number of hydrogen-bond acceptors (Lipinski definition) is 5. The quantitative estimate of drug-likeness (QED) is 0.753. The molecule has 0 spiro atoms. The van der Waals surface area contributed by atoms with Crippen molar-refractivity contribution in [3.63, 3.8) is 0 Å². The first-order chi connectivity index (χ1) is 14.0. The highest BCUT2D eigenvalue weighted by Crippen LogP contribution is 2.24. The Labute approximate surface area is 171 Å². The van der Waals surface area contributed by atoms with Gasteiger partial charge in [0.15, 0.2) is 11.6 Å². The Bertz CT molecular complexity index is 1080. The van der Waals surface area contributed by atoms with Crippen LogP contribution in [0.2, 0.25) is 0 Å². The van der Waals surface area contributed by atoms with Gasteiger partial charge in [-0.3, -0.25) is 4.79 Å². The summed E-state index contributed by atoms with van der Waals surface area (Å²) in [5.41, 5.74) is -1.74. The molecule has 1 saturated heterocycles. The van der Waals surface area contributed by atoms with Crippen LogP contribution in [0.1, 0.15) is 17.3 Å². The van der Waals surface area contributed by atoms with Crippen molar-refractivity contribution in [2.75, 3.05) is 31.6 Å². The van der Waals surface area contributed by atoms with Gasteiger partial charge in [-0.25, -0.2) is 21.6 Å². The van der Waals surface area contributed by atoms with Gasteiger partial charge in [0.1, 0.15) is 10.7 Å². The summed E-state index contributed by atoms with van der Waals surface area (Å²) < 4.78 is 72.7. The molecule has 1 aliphatic heterocycles. The van der Waals surface area contributed by atoms with Crippen molar-refractivity contribution in [1.29, 1.82) is 0 Å². The van der Waals surface area contributed by atoms with Gasteiger partial charge in [0.05, 0.1) is 18.8 Å². The predicted molar refractivity (Wildman–Crippen MR) is 101 cm³/mol. The molecule has 1 aliphatic rings. The number of hydrogen-bond donors (Lipinski definition) is 2. The molecule has 162 valence electrons. The number of anilines is 1. The number of nitrogens with zero attached hydrogens (tertiary/aromatic N) is 1. The largest absolute Gasteiger partial charge is 0.386 e. The molecule has 30 heavy (non-hydrogen) atoms. The number of sulfonamides is 1.